The van der Waals surface area contributed by atoms with E-state index in [0.29, 0.717) is 11.8 Å². The van der Waals surface area contributed by atoms with Crippen molar-refractivity contribution in [3.63, 3.8) is 0 Å². The minimum absolute atomic E-state index is 0.659. The van der Waals surface area contributed by atoms with Crippen molar-refractivity contribution < 1.29 is 0 Å². The van der Waals surface area contributed by atoms with Crippen molar-refractivity contribution in [3.8, 4) is 6.07 Å². The van der Waals surface area contributed by atoms with Crippen molar-refractivity contribution in [2.45, 2.75) is 76.4 Å². The lowest BCUT2D eigenvalue weighted by Gasteiger charge is -2.30. The maximum absolute atomic E-state index is 9.47. The van der Waals surface area contributed by atoms with E-state index in [1.54, 1.807) is 0 Å². The summed E-state index contributed by atoms with van der Waals surface area (Å²) in [5.41, 5.74) is -1.34. The Morgan fingerprint density at radius 2 is 1.50 bits per heavy atom. The molecule has 0 aliphatic heterocycles. The maximum Gasteiger partial charge on any atom is 0.340 e. The Hall–Kier alpha value is -1.42. The third-order valence-electron chi connectivity index (χ3n) is 5.02. The van der Waals surface area contributed by atoms with Crippen molar-refractivity contribution in [1.29, 1.82) is 5.26 Å². The van der Waals surface area contributed by atoms with Crippen LogP contribution in [-0.2, 0) is 0 Å². The average molecular weight is 272 g/mol. The van der Waals surface area contributed by atoms with Gasteiger partial charge in [-0.25, -0.2) is 6.57 Å². The fourth-order valence-corrected chi connectivity index (χ4v) is 3.12. The Labute approximate surface area is 122 Å². The van der Waals surface area contributed by atoms with Crippen molar-refractivity contribution in [2.75, 3.05) is 0 Å². The maximum atomic E-state index is 9.47. The molecule has 0 amide bonds. The quantitative estimate of drug-likeness (QED) is 0.529. The molecule has 2 aliphatic carbocycles. The highest BCUT2D eigenvalue weighted by molar-refractivity contribution is 5.10. The van der Waals surface area contributed by atoms with E-state index in [0.717, 1.165) is 51.4 Å². The third-order valence-corrected chi connectivity index (χ3v) is 5.02. The second-order valence-electron chi connectivity index (χ2n) is 6.80. The lowest BCUT2D eigenvalue weighted by Crippen LogP contribution is -2.32. The molecule has 0 radical (unpaired) electrons. The minimum Gasteiger partial charge on any atom is -0.283 e. The first kappa shape index (κ1) is 15.0. The van der Waals surface area contributed by atoms with Gasteiger partial charge in [-0.3, -0.25) is 4.85 Å². The number of nitriles is 1. The van der Waals surface area contributed by atoms with Gasteiger partial charge in [0, 0.05) is 0 Å². The molecule has 0 saturated heterocycles. The molecular weight excluding hydrogens is 248 g/mol. The molecule has 0 unspecified atom stereocenters. The number of rotatable bonds is 2. The summed E-state index contributed by atoms with van der Waals surface area (Å²) >= 11 is 0. The zero-order valence-corrected chi connectivity index (χ0v) is 12.6. The Morgan fingerprint density at radius 1 is 1.00 bits per heavy atom. The summed E-state index contributed by atoms with van der Waals surface area (Å²) in [5, 5.41) is 18.3. The molecule has 0 bridgehead atoms. The van der Waals surface area contributed by atoms with E-state index in [9.17, 15) is 5.26 Å². The van der Waals surface area contributed by atoms with Crippen LogP contribution in [0.25, 0.3) is 4.85 Å². The fraction of sp³-hybridized carbons (Fsp3) is 0.875. The van der Waals surface area contributed by atoms with Crippen molar-refractivity contribution in [1.82, 2.24) is 0 Å². The first-order chi connectivity index (χ1) is 9.53. The normalized spacial score (nSPS) is 42.0. The topological polar surface area (TPSA) is 52.9 Å². The third kappa shape index (κ3) is 3.18. The lowest BCUT2D eigenvalue weighted by atomic mass is 9.78. The van der Waals surface area contributed by atoms with Crippen LogP contribution in [0.2, 0.25) is 0 Å². The first-order valence-electron chi connectivity index (χ1n) is 7.77. The number of nitrogens with zero attached hydrogens (tertiary/aromatic N) is 4. The van der Waals surface area contributed by atoms with Gasteiger partial charge in [-0.15, -0.1) is 5.11 Å². The summed E-state index contributed by atoms with van der Waals surface area (Å²) in [4.78, 5) is 3.76. The van der Waals surface area contributed by atoms with Crippen molar-refractivity contribution in [2.24, 2.45) is 22.1 Å². The van der Waals surface area contributed by atoms with E-state index >= 15 is 0 Å². The second-order valence-corrected chi connectivity index (χ2v) is 6.80. The minimum atomic E-state index is -0.681. The zero-order valence-electron chi connectivity index (χ0n) is 12.6. The van der Waals surface area contributed by atoms with Gasteiger partial charge in [-0.2, -0.15) is 10.4 Å². The van der Waals surface area contributed by atoms with E-state index in [1.165, 1.54) is 0 Å². The van der Waals surface area contributed by atoms with Gasteiger partial charge in [0.2, 0.25) is 0 Å². The SMILES string of the molecule is [C-]#[N+]C1(N=NC2(C#N)CCC(C)CC2)CCC(C)CC1. The molecule has 108 valence electrons. The molecule has 0 aromatic rings. The second kappa shape index (κ2) is 5.92. The van der Waals surface area contributed by atoms with Crippen molar-refractivity contribution in [3.05, 3.63) is 11.4 Å². The highest BCUT2D eigenvalue weighted by Crippen LogP contribution is 2.39. The van der Waals surface area contributed by atoms with Crippen LogP contribution in [0, 0.1) is 29.7 Å². The molecule has 0 aromatic carbocycles. The molecule has 0 atom stereocenters. The molecule has 2 fully saturated rings. The molecule has 2 rings (SSSR count). The molecule has 20 heavy (non-hydrogen) atoms. The van der Waals surface area contributed by atoms with Gasteiger partial charge in [-0.1, -0.05) is 13.8 Å². The molecule has 0 heterocycles. The smallest absolute Gasteiger partial charge is 0.283 e. The van der Waals surface area contributed by atoms with Gasteiger partial charge in [-0.05, 0) is 50.4 Å². The molecule has 0 spiro atoms. The average Bonchev–Trinajstić information content (AvgIpc) is 2.49. The molecular formula is C16H24N4. The Morgan fingerprint density at radius 3 is 1.95 bits per heavy atom. The van der Waals surface area contributed by atoms with Gasteiger partial charge < -0.3 is 0 Å². The van der Waals surface area contributed by atoms with Crippen LogP contribution in [0.15, 0.2) is 10.2 Å². The Kier molecular flexibility index (Phi) is 4.43. The van der Waals surface area contributed by atoms with Crippen LogP contribution in [0.1, 0.15) is 65.2 Å². The van der Waals surface area contributed by atoms with Crippen molar-refractivity contribution >= 4 is 0 Å². The largest absolute Gasteiger partial charge is 0.340 e. The van der Waals surface area contributed by atoms with Crippen LogP contribution < -0.4 is 0 Å². The highest BCUT2D eigenvalue weighted by atomic mass is 15.3. The van der Waals surface area contributed by atoms with Gasteiger partial charge in [0.1, 0.15) is 0 Å². The summed E-state index contributed by atoms with van der Waals surface area (Å²) in [7, 11) is 0. The monoisotopic (exact) mass is 272 g/mol. The Balaban J connectivity index is 2.10. The fourth-order valence-electron chi connectivity index (χ4n) is 3.12. The van der Waals surface area contributed by atoms with Gasteiger partial charge in [0.15, 0.2) is 5.54 Å². The predicted molar refractivity (Wildman–Crippen MR) is 77.8 cm³/mol. The Bertz CT molecular complexity index is 396. The first-order valence-corrected chi connectivity index (χ1v) is 7.77. The summed E-state index contributed by atoms with van der Waals surface area (Å²) in [6, 6.07) is 2.36. The van der Waals surface area contributed by atoms with Gasteiger partial charge in [0.05, 0.1) is 18.9 Å². The van der Waals surface area contributed by atoms with E-state index in [2.05, 4.69) is 35.0 Å². The summed E-state index contributed by atoms with van der Waals surface area (Å²) in [6.45, 7) is 11.9. The summed E-state index contributed by atoms with van der Waals surface area (Å²) in [5.74, 6) is 1.36. The van der Waals surface area contributed by atoms with Gasteiger partial charge >= 0.3 is 5.66 Å². The molecule has 4 heteroatoms. The van der Waals surface area contributed by atoms with Crippen LogP contribution in [-0.4, -0.2) is 11.2 Å². The lowest BCUT2D eigenvalue weighted by molar-refractivity contribution is 0.252. The number of hydrogen-bond donors (Lipinski definition) is 0. The van der Waals surface area contributed by atoms with Gasteiger partial charge in [0.25, 0.3) is 0 Å². The van der Waals surface area contributed by atoms with E-state index in [1.807, 2.05) is 0 Å². The van der Waals surface area contributed by atoms with Crippen LogP contribution in [0.3, 0.4) is 0 Å². The molecule has 0 N–H and O–H groups in total. The number of azo groups is 1. The standard InChI is InChI=1S/C16H24N4/c1-13-4-8-15(12-17,9-5-13)19-20-16(18-3)10-6-14(2)7-11-16/h13-14H,4-11H2,1-2H3. The summed E-state index contributed by atoms with van der Waals surface area (Å²) < 4.78 is 0. The van der Waals surface area contributed by atoms with Crippen LogP contribution >= 0.6 is 0 Å². The zero-order chi connectivity index (χ0) is 14.6. The summed E-state index contributed by atoms with van der Waals surface area (Å²) in [6.07, 6.45) is 7.31. The molecule has 4 nitrogen and oxygen atoms in total. The number of hydrogen-bond acceptors (Lipinski definition) is 3. The molecule has 2 saturated carbocycles. The van der Waals surface area contributed by atoms with Crippen LogP contribution in [0.4, 0.5) is 0 Å². The predicted octanol–water partition coefficient (Wildman–Crippen LogP) is 4.74. The highest BCUT2D eigenvalue weighted by Gasteiger charge is 2.42. The van der Waals surface area contributed by atoms with Crippen LogP contribution in [0.5, 0.6) is 0 Å². The molecule has 2 aliphatic rings. The van der Waals surface area contributed by atoms with E-state index in [-0.39, 0.29) is 0 Å². The van der Waals surface area contributed by atoms with E-state index in [4.69, 9.17) is 6.57 Å². The van der Waals surface area contributed by atoms with E-state index < -0.39 is 11.2 Å². The molecule has 0 aromatic heterocycles.